The molecular weight excluding hydrogens is 235 g/mol. The predicted molar refractivity (Wildman–Crippen MR) is 69.0 cm³/mol. The Kier molecular flexibility index (Phi) is 2.36. The van der Waals surface area contributed by atoms with Crippen LogP contribution < -0.4 is 0 Å². The van der Waals surface area contributed by atoms with E-state index in [4.69, 9.17) is 12.2 Å². The molecule has 1 saturated carbocycles. The van der Waals surface area contributed by atoms with E-state index in [2.05, 4.69) is 11.9 Å². The van der Waals surface area contributed by atoms with E-state index in [1.54, 1.807) is 12.1 Å². The van der Waals surface area contributed by atoms with Gasteiger partial charge in [-0.05, 0) is 48.7 Å². The van der Waals surface area contributed by atoms with Crippen LogP contribution in [0.5, 0.6) is 0 Å². The van der Waals surface area contributed by atoms with Crippen LogP contribution in [0.1, 0.15) is 26.2 Å². The van der Waals surface area contributed by atoms with Crippen molar-refractivity contribution >= 4 is 23.3 Å². The van der Waals surface area contributed by atoms with Gasteiger partial charge in [-0.15, -0.1) is 0 Å². The van der Waals surface area contributed by atoms with E-state index in [0.717, 1.165) is 17.6 Å². The lowest BCUT2D eigenvalue weighted by Gasteiger charge is -2.38. The van der Waals surface area contributed by atoms with E-state index < -0.39 is 0 Å². The van der Waals surface area contributed by atoms with Crippen LogP contribution in [0, 0.1) is 16.0 Å². The SMILES string of the molecule is CC1(Cn2c(=S)[nH]c3ccc(F)cc32)CCC1. The van der Waals surface area contributed by atoms with Crippen molar-refractivity contribution in [3.63, 3.8) is 0 Å². The van der Waals surface area contributed by atoms with Gasteiger partial charge in [0.1, 0.15) is 5.82 Å². The van der Waals surface area contributed by atoms with E-state index in [0.29, 0.717) is 10.2 Å². The summed E-state index contributed by atoms with van der Waals surface area (Å²) in [6.07, 6.45) is 3.76. The first kappa shape index (κ1) is 11.0. The Balaban J connectivity index is 2.11. The summed E-state index contributed by atoms with van der Waals surface area (Å²) in [6.45, 7) is 3.16. The average Bonchev–Trinajstić information content (AvgIpc) is 2.53. The van der Waals surface area contributed by atoms with Crippen molar-refractivity contribution in [1.29, 1.82) is 0 Å². The second-order valence-corrected chi connectivity index (χ2v) is 5.73. The lowest BCUT2D eigenvalue weighted by Crippen LogP contribution is -2.30. The number of halogens is 1. The molecule has 0 amide bonds. The lowest BCUT2D eigenvalue weighted by molar-refractivity contribution is 0.133. The van der Waals surface area contributed by atoms with Gasteiger partial charge in [0, 0.05) is 6.54 Å². The standard InChI is InChI=1S/C13H15FN2S/c1-13(5-2-6-13)8-16-11-7-9(14)3-4-10(11)15-12(16)17/h3-4,7H,2,5-6,8H2,1H3,(H,15,17). The molecule has 3 rings (SSSR count). The van der Waals surface area contributed by atoms with E-state index in [1.165, 1.54) is 25.3 Å². The van der Waals surface area contributed by atoms with Crippen LogP contribution >= 0.6 is 12.2 Å². The summed E-state index contributed by atoms with van der Waals surface area (Å²) in [7, 11) is 0. The Bertz CT molecular complexity index is 622. The molecule has 1 aromatic carbocycles. The van der Waals surface area contributed by atoms with Crippen molar-refractivity contribution in [2.75, 3.05) is 0 Å². The summed E-state index contributed by atoms with van der Waals surface area (Å²) in [5, 5.41) is 0. The second-order valence-electron chi connectivity index (χ2n) is 5.34. The molecule has 0 bridgehead atoms. The number of benzene rings is 1. The highest BCUT2D eigenvalue weighted by molar-refractivity contribution is 7.71. The normalized spacial score (nSPS) is 18.2. The number of imidazole rings is 1. The van der Waals surface area contributed by atoms with Gasteiger partial charge in [0.25, 0.3) is 0 Å². The van der Waals surface area contributed by atoms with Crippen LogP contribution in [0.3, 0.4) is 0 Å². The molecule has 4 heteroatoms. The van der Waals surface area contributed by atoms with Gasteiger partial charge in [-0.3, -0.25) is 0 Å². The summed E-state index contributed by atoms with van der Waals surface area (Å²) >= 11 is 5.32. The maximum Gasteiger partial charge on any atom is 0.178 e. The minimum atomic E-state index is -0.209. The summed E-state index contributed by atoms with van der Waals surface area (Å²) in [5.41, 5.74) is 2.13. The minimum absolute atomic E-state index is 0.209. The van der Waals surface area contributed by atoms with Crippen LogP contribution in [0.2, 0.25) is 0 Å². The molecule has 2 aromatic rings. The molecule has 0 atom stereocenters. The molecule has 1 aliphatic rings. The van der Waals surface area contributed by atoms with Crippen LogP contribution in [0.4, 0.5) is 4.39 Å². The quantitative estimate of drug-likeness (QED) is 0.798. The van der Waals surface area contributed by atoms with Gasteiger partial charge in [0.2, 0.25) is 0 Å². The van der Waals surface area contributed by atoms with Gasteiger partial charge < -0.3 is 9.55 Å². The first-order valence-electron chi connectivity index (χ1n) is 5.96. The zero-order chi connectivity index (χ0) is 12.0. The van der Waals surface area contributed by atoms with Gasteiger partial charge in [-0.1, -0.05) is 13.3 Å². The molecule has 0 spiro atoms. The molecule has 1 N–H and O–H groups in total. The number of H-pyrrole nitrogens is 1. The smallest absolute Gasteiger partial charge is 0.178 e. The Morgan fingerprint density at radius 1 is 1.47 bits per heavy atom. The van der Waals surface area contributed by atoms with Crippen molar-refractivity contribution < 1.29 is 4.39 Å². The third-order valence-corrected chi connectivity index (χ3v) is 4.16. The number of fused-ring (bicyclic) bond motifs is 1. The largest absolute Gasteiger partial charge is 0.331 e. The van der Waals surface area contributed by atoms with Gasteiger partial charge in [0.15, 0.2) is 4.77 Å². The number of nitrogens with one attached hydrogen (secondary N) is 1. The maximum absolute atomic E-state index is 13.3. The number of nitrogens with zero attached hydrogens (tertiary/aromatic N) is 1. The second kappa shape index (κ2) is 3.67. The lowest BCUT2D eigenvalue weighted by atomic mass is 9.70. The third-order valence-electron chi connectivity index (χ3n) is 3.84. The highest BCUT2D eigenvalue weighted by atomic mass is 32.1. The zero-order valence-corrected chi connectivity index (χ0v) is 10.6. The first-order chi connectivity index (χ1) is 8.07. The molecule has 0 aliphatic heterocycles. The monoisotopic (exact) mass is 250 g/mol. The molecule has 1 heterocycles. The van der Waals surface area contributed by atoms with E-state index in [-0.39, 0.29) is 5.82 Å². The molecule has 2 nitrogen and oxygen atoms in total. The number of rotatable bonds is 2. The van der Waals surface area contributed by atoms with Crippen molar-refractivity contribution in [3.8, 4) is 0 Å². The van der Waals surface area contributed by atoms with E-state index in [1.807, 2.05) is 4.57 Å². The van der Waals surface area contributed by atoms with Crippen molar-refractivity contribution in [1.82, 2.24) is 9.55 Å². The maximum atomic E-state index is 13.3. The highest BCUT2D eigenvalue weighted by Crippen LogP contribution is 2.42. The fraction of sp³-hybridized carbons (Fsp3) is 0.462. The van der Waals surface area contributed by atoms with Crippen molar-refractivity contribution in [3.05, 3.63) is 28.8 Å². The average molecular weight is 250 g/mol. The van der Waals surface area contributed by atoms with Gasteiger partial charge in [-0.2, -0.15) is 0 Å². The molecule has 90 valence electrons. The molecule has 0 radical (unpaired) electrons. The molecule has 1 aliphatic carbocycles. The Morgan fingerprint density at radius 3 is 2.88 bits per heavy atom. The van der Waals surface area contributed by atoms with Gasteiger partial charge in [0.05, 0.1) is 11.0 Å². The van der Waals surface area contributed by atoms with Crippen LogP contribution in [0.15, 0.2) is 18.2 Å². The van der Waals surface area contributed by atoms with Crippen LogP contribution in [-0.2, 0) is 6.54 Å². The van der Waals surface area contributed by atoms with E-state index in [9.17, 15) is 4.39 Å². The number of aromatic amines is 1. The highest BCUT2D eigenvalue weighted by Gasteiger charge is 2.32. The molecule has 1 fully saturated rings. The van der Waals surface area contributed by atoms with E-state index >= 15 is 0 Å². The number of aromatic nitrogens is 2. The van der Waals surface area contributed by atoms with Gasteiger partial charge >= 0.3 is 0 Å². The predicted octanol–water partition coefficient (Wildman–Crippen LogP) is 4.03. The third kappa shape index (κ3) is 1.80. The molecule has 0 unspecified atom stereocenters. The summed E-state index contributed by atoms with van der Waals surface area (Å²) in [6, 6.07) is 4.77. The Hall–Kier alpha value is -1.16. The minimum Gasteiger partial charge on any atom is -0.331 e. The first-order valence-corrected chi connectivity index (χ1v) is 6.36. The fourth-order valence-corrected chi connectivity index (χ4v) is 2.88. The van der Waals surface area contributed by atoms with Crippen molar-refractivity contribution in [2.45, 2.75) is 32.7 Å². The molecule has 1 aromatic heterocycles. The van der Waals surface area contributed by atoms with Crippen LogP contribution in [0.25, 0.3) is 11.0 Å². The summed E-state index contributed by atoms with van der Waals surface area (Å²) in [4.78, 5) is 3.14. The Labute approximate surface area is 104 Å². The topological polar surface area (TPSA) is 20.7 Å². The molecular formula is C13H15FN2S. The zero-order valence-electron chi connectivity index (χ0n) is 9.79. The molecule has 17 heavy (non-hydrogen) atoms. The summed E-state index contributed by atoms with van der Waals surface area (Å²) in [5.74, 6) is -0.209. The number of hydrogen-bond donors (Lipinski definition) is 1. The molecule has 0 saturated heterocycles. The van der Waals surface area contributed by atoms with Gasteiger partial charge in [-0.25, -0.2) is 4.39 Å². The Morgan fingerprint density at radius 2 is 2.24 bits per heavy atom. The van der Waals surface area contributed by atoms with Crippen LogP contribution in [-0.4, -0.2) is 9.55 Å². The number of hydrogen-bond acceptors (Lipinski definition) is 1. The van der Waals surface area contributed by atoms with Crippen molar-refractivity contribution in [2.24, 2.45) is 5.41 Å². The fourth-order valence-electron chi connectivity index (χ4n) is 2.60. The summed E-state index contributed by atoms with van der Waals surface area (Å²) < 4.78 is 16.0.